The Hall–Kier alpha value is -0.480. The van der Waals surface area contributed by atoms with Gasteiger partial charge in [-0.25, -0.2) is 9.55 Å². The maximum absolute atomic E-state index is 5.07. The van der Waals surface area contributed by atoms with Crippen LogP contribution in [0.1, 0.15) is 12.7 Å². The number of aryl methyl sites for hydroxylation is 1. The van der Waals surface area contributed by atoms with Gasteiger partial charge in [0, 0.05) is 12.9 Å². The third kappa shape index (κ3) is 3.40. The fourth-order valence-corrected chi connectivity index (χ4v) is 1.79. The molecule has 3 nitrogen and oxygen atoms in total. The van der Waals surface area contributed by atoms with Crippen LogP contribution in [0.5, 0.6) is 0 Å². The lowest BCUT2D eigenvalue weighted by Crippen LogP contribution is -2.37. The molecule has 0 aliphatic heterocycles. The van der Waals surface area contributed by atoms with Crippen LogP contribution < -0.4 is 4.57 Å². The lowest BCUT2D eigenvalue weighted by atomic mass is 10.6. The van der Waals surface area contributed by atoms with Gasteiger partial charge in [-0.15, -0.1) is 0 Å². The molecule has 0 fully saturated rings. The molecular weight excluding hydrogens is 184 g/mol. The average Bonchev–Trinajstić information content (AvgIpc) is 2.54. The van der Waals surface area contributed by atoms with Gasteiger partial charge in [-0.1, -0.05) is 6.92 Å². The summed E-state index contributed by atoms with van der Waals surface area (Å²) in [4.78, 5) is 3.16. The molecular formula is C9H17N2OS+. The largest absolute Gasteiger partial charge is 0.372 e. The van der Waals surface area contributed by atoms with Gasteiger partial charge in [-0.05, 0) is 5.75 Å². The van der Waals surface area contributed by atoms with E-state index in [0.29, 0.717) is 6.61 Å². The minimum atomic E-state index is 0.657. The molecule has 0 unspecified atom stereocenters. The second-order valence-electron chi connectivity index (χ2n) is 2.73. The van der Waals surface area contributed by atoms with Crippen molar-refractivity contribution in [1.82, 2.24) is 4.98 Å². The van der Waals surface area contributed by atoms with Gasteiger partial charge in [0.15, 0.2) is 0 Å². The summed E-state index contributed by atoms with van der Waals surface area (Å²) in [7, 11) is 1.71. The Morgan fingerprint density at radius 3 is 3.15 bits per heavy atom. The first kappa shape index (κ1) is 10.6. The molecule has 74 valence electrons. The van der Waals surface area contributed by atoms with Crippen molar-refractivity contribution in [1.29, 1.82) is 0 Å². The molecule has 0 aliphatic carbocycles. The highest BCUT2D eigenvalue weighted by atomic mass is 32.2. The first-order valence-corrected chi connectivity index (χ1v) is 5.66. The molecule has 0 aromatic carbocycles. The molecule has 0 radical (unpaired) electrons. The molecule has 0 atom stereocenters. The van der Waals surface area contributed by atoms with Crippen LogP contribution in [0.15, 0.2) is 12.4 Å². The van der Waals surface area contributed by atoms with Gasteiger partial charge < -0.3 is 4.74 Å². The van der Waals surface area contributed by atoms with Crippen molar-refractivity contribution in [2.75, 3.05) is 18.6 Å². The fraction of sp³-hybridized carbons (Fsp3) is 0.667. The van der Waals surface area contributed by atoms with Crippen LogP contribution in [-0.2, 0) is 17.9 Å². The summed E-state index contributed by atoms with van der Waals surface area (Å²) >= 11 is 1.96. The maximum atomic E-state index is 5.07. The standard InChI is InChI=1S/C9H16N2OS/c1-3-13-7-6-11-5-4-10-9(11)8-12-2/h4-5H,3,6-8H2,1-2H3/p+1. The molecule has 1 aromatic heterocycles. The highest BCUT2D eigenvalue weighted by molar-refractivity contribution is 7.99. The van der Waals surface area contributed by atoms with E-state index in [2.05, 4.69) is 22.7 Å². The van der Waals surface area contributed by atoms with Gasteiger partial charge in [-0.2, -0.15) is 11.8 Å². The van der Waals surface area contributed by atoms with E-state index in [1.165, 1.54) is 5.75 Å². The average molecular weight is 201 g/mol. The van der Waals surface area contributed by atoms with E-state index < -0.39 is 0 Å². The summed E-state index contributed by atoms with van der Waals surface area (Å²) in [5.41, 5.74) is 0. The Balaban J connectivity index is 2.40. The Morgan fingerprint density at radius 1 is 1.62 bits per heavy atom. The normalized spacial score (nSPS) is 10.6. The van der Waals surface area contributed by atoms with Gasteiger partial charge >= 0.3 is 0 Å². The molecule has 0 spiro atoms. The van der Waals surface area contributed by atoms with E-state index in [4.69, 9.17) is 4.74 Å². The van der Waals surface area contributed by atoms with Gasteiger partial charge in [-0.3, -0.25) is 0 Å². The maximum Gasteiger partial charge on any atom is 0.280 e. The highest BCUT2D eigenvalue weighted by Crippen LogP contribution is 1.97. The molecule has 0 bridgehead atoms. The SMILES string of the molecule is CCSCC[n+]1cc[nH]c1COC. The zero-order chi connectivity index (χ0) is 9.52. The second-order valence-corrected chi connectivity index (χ2v) is 4.12. The van der Waals surface area contributed by atoms with Gasteiger partial charge in [0.05, 0.1) is 6.54 Å². The minimum Gasteiger partial charge on any atom is -0.372 e. The number of ether oxygens (including phenoxy) is 1. The third-order valence-corrected chi connectivity index (χ3v) is 2.69. The molecule has 1 rings (SSSR count). The number of imidazole rings is 1. The Bertz CT molecular complexity index is 237. The van der Waals surface area contributed by atoms with Crippen LogP contribution in [0.3, 0.4) is 0 Å². The van der Waals surface area contributed by atoms with Crippen LogP contribution in [0.25, 0.3) is 0 Å². The number of hydrogen-bond acceptors (Lipinski definition) is 2. The molecule has 4 heteroatoms. The van der Waals surface area contributed by atoms with Crippen LogP contribution in [0, 0.1) is 0 Å². The van der Waals surface area contributed by atoms with Gasteiger partial charge in [0.2, 0.25) is 0 Å². The van der Waals surface area contributed by atoms with Gasteiger partial charge in [0.25, 0.3) is 5.82 Å². The van der Waals surface area contributed by atoms with E-state index in [0.717, 1.165) is 18.1 Å². The van der Waals surface area contributed by atoms with Gasteiger partial charge in [0.1, 0.15) is 19.0 Å². The summed E-state index contributed by atoms with van der Waals surface area (Å²) in [6.45, 7) is 3.90. The second kappa shape index (κ2) is 6.05. The fourth-order valence-electron chi connectivity index (χ4n) is 1.17. The molecule has 1 heterocycles. The van der Waals surface area contributed by atoms with E-state index in [9.17, 15) is 0 Å². The quantitative estimate of drug-likeness (QED) is 0.553. The summed E-state index contributed by atoms with van der Waals surface area (Å²) in [6.07, 6.45) is 4.01. The number of nitrogens with zero attached hydrogens (tertiary/aromatic N) is 1. The molecule has 0 saturated carbocycles. The van der Waals surface area contributed by atoms with E-state index in [1.54, 1.807) is 7.11 Å². The van der Waals surface area contributed by atoms with Crippen molar-refractivity contribution < 1.29 is 9.30 Å². The number of thioether (sulfide) groups is 1. The zero-order valence-corrected chi connectivity index (χ0v) is 9.06. The minimum absolute atomic E-state index is 0.657. The number of rotatable bonds is 6. The number of H-pyrrole nitrogens is 1. The summed E-state index contributed by atoms with van der Waals surface area (Å²) < 4.78 is 7.27. The molecule has 0 amide bonds. The summed E-state index contributed by atoms with van der Waals surface area (Å²) in [5.74, 6) is 3.49. The highest BCUT2D eigenvalue weighted by Gasteiger charge is 2.08. The number of aromatic nitrogens is 2. The first-order chi connectivity index (χ1) is 6.38. The van der Waals surface area contributed by atoms with E-state index in [-0.39, 0.29) is 0 Å². The smallest absolute Gasteiger partial charge is 0.280 e. The van der Waals surface area contributed by atoms with Crippen LogP contribution in [0.2, 0.25) is 0 Å². The Morgan fingerprint density at radius 2 is 2.46 bits per heavy atom. The molecule has 0 aliphatic rings. The lowest BCUT2D eigenvalue weighted by molar-refractivity contribution is -0.700. The van der Waals surface area contributed by atoms with Crippen LogP contribution >= 0.6 is 11.8 Å². The van der Waals surface area contributed by atoms with Crippen LogP contribution in [0.4, 0.5) is 0 Å². The zero-order valence-electron chi connectivity index (χ0n) is 8.25. The monoisotopic (exact) mass is 201 g/mol. The molecule has 13 heavy (non-hydrogen) atoms. The molecule has 1 N–H and O–H groups in total. The predicted octanol–water partition coefficient (Wildman–Crippen LogP) is 1.20. The Labute approximate surface area is 83.5 Å². The third-order valence-electron chi connectivity index (χ3n) is 1.81. The lowest BCUT2D eigenvalue weighted by Gasteiger charge is -1.99. The summed E-state index contributed by atoms with van der Waals surface area (Å²) in [6, 6.07) is 0. The number of methoxy groups -OCH3 is 1. The van der Waals surface area contributed by atoms with E-state index in [1.807, 2.05) is 18.0 Å². The van der Waals surface area contributed by atoms with Crippen molar-refractivity contribution in [3.8, 4) is 0 Å². The van der Waals surface area contributed by atoms with Crippen molar-refractivity contribution in [2.24, 2.45) is 0 Å². The Kier molecular flexibility index (Phi) is 4.93. The van der Waals surface area contributed by atoms with Crippen molar-refractivity contribution in [3.05, 3.63) is 18.2 Å². The van der Waals surface area contributed by atoms with Crippen molar-refractivity contribution in [3.63, 3.8) is 0 Å². The number of aromatic amines is 1. The number of hydrogen-bond donors (Lipinski definition) is 1. The first-order valence-electron chi connectivity index (χ1n) is 4.50. The number of nitrogens with one attached hydrogen (secondary N) is 1. The molecule has 0 saturated heterocycles. The van der Waals surface area contributed by atoms with Crippen molar-refractivity contribution >= 4 is 11.8 Å². The summed E-state index contributed by atoms with van der Waals surface area (Å²) in [5, 5.41) is 0. The van der Waals surface area contributed by atoms with Crippen molar-refractivity contribution in [2.45, 2.75) is 20.1 Å². The predicted molar refractivity (Wildman–Crippen MR) is 54.7 cm³/mol. The van der Waals surface area contributed by atoms with Crippen LogP contribution in [-0.4, -0.2) is 23.6 Å². The topological polar surface area (TPSA) is 28.9 Å². The molecule has 1 aromatic rings. The van der Waals surface area contributed by atoms with E-state index >= 15 is 0 Å².